The predicted molar refractivity (Wildman–Crippen MR) is 62.8 cm³/mol. The molecule has 2 N–H and O–H groups in total. The third-order valence-corrected chi connectivity index (χ3v) is 2.37. The second-order valence-corrected chi connectivity index (χ2v) is 3.90. The molecule has 3 nitrogen and oxygen atoms in total. The molecule has 0 aliphatic heterocycles. The standard InChI is InChI=1S/C12H18N2O/c1-9(2)6-7-14-10(3)4-5-11(8-13)12(14)15/h4-6H,7-8,13H2,1-3H3. The molecule has 1 rings (SSSR count). The van der Waals surface area contributed by atoms with Gasteiger partial charge in [0, 0.05) is 24.3 Å². The van der Waals surface area contributed by atoms with Gasteiger partial charge in [-0.2, -0.15) is 0 Å². The molecule has 0 radical (unpaired) electrons. The minimum absolute atomic E-state index is 0.0231. The molecule has 0 aromatic carbocycles. The van der Waals surface area contributed by atoms with Crippen LogP contribution in [0.1, 0.15) is 25.1 Å². The highest BCUT2D eigenvalue weighted by molar-refractivity contribution is 5.16. The molecule has 1 heterocycles. The highest BCUT2D eigenvalue weighted by Gasteiger charge is 2.03. The van der Waals surface area contributed by atoms with E-state index in [2.05, 4.69) is 0 Å². The van der Waals surface area contributed by atoms with Crippen molar-refractivity contribution in [1.29, 1.82) is 0 Å². The van der Waals surface area contributed by atoms with Gasteiger partial charge in [0.05, 0.1) is 0 Å². The number of hydrogen-bond acceptors (Lipinski definition) is 2. The summed E-state index contributed by atoms with van der Waals surface area (Å²) in [6, 6.07) is 3.74. The topological polar surface area (TPSA) is 48.0 Å². The SMILES string of the molecule is CC(C)=CCn1c(C)ccc(CN)c1=O. The molecule has 0 bridgehead atoms. The summed E-state index contributed by atoms with van der Waals surface area (Å²) in [7, 11) is 0. The van der Waals surface area contributed by atoms with E-state index in [1.54, 1.807) is 10.6 Å². The fourth-order valence-electron chi connectivity index (χ4n) is 1.37. The maximum atomic E-state index is 11.9. The smallest absolute Gasteiger partial charge is 0.255 e. The van der Waals surface area contributed by atoms with E-state index in [0.717, 1.165) is 5.69 Å². The van der Waals surface area contributed by atoms with Crippen LogP contribution in [0.5, 0.6) is 0 Å². The van der Waals surface area contributed by atoms with E-state index in [4.69, 9.17) is 5.73 Å². The van der Waals surface area contributed by atoms with Crippen LogP contribution in [-0.2, 0) is 13.1 Å². The number of hydrogen-bond donors (Lipinski definition) is 1. The zero-order valence-electron chi connectivity index (χ0n) is 9.58. The van der Waals surface area contributed by atoms with Crippen molar-refractivity contribution in [2.24, 2.45) is 5.73 Å². The van der Waals surface area contributed by atoms with Gasteiger partial charge in [0.25, 0.3) is 5.56 Å². The molecule has 3 heteroatoms. The first-order chi connectivity index (χ1) is 7.06. The molecule has 0 saturated heterocycles. The fraction of sp³-hybridized carbons (Fsp3) is 0.417. The quantitative estimate of drug-likeness (QED) is 0.763. The molecule has 0 saturated carbocycles. The van der Waals surface area contributed by atoms with E-state index in [1.807, 2.05) is 32.9 Å². The summed E-state index contributed by atoms with van der Waals surface area (Å²) in [5.41, 5.74) is 8.36. The second-order valence-electron chi connectivity index (χ2n) is 3.90. The number of pyridine rings is 1. The minimum Gasteiger partial charge on any atom is -0.326 e. The van der Waals surface area contributed by atoms with E-state index in [-0.39, 0.29) is 5.56 Å². The number of aromatic nitrogens is 1. The molecule has 0 unspecified atom stereocenters. The van der Waals surface area contributed by atoms with E-state index in [1.165, 1.54) is 5.57 Å². The molecule has 1 aromatic heterocycles. The van der Waals surface area contributed by atoms with Crippen molar-refractivity contribution in [3.05, 3.63) is 45.4 Å². The highest BCUT2D eigenvalue weighted by atomic mass is 16.1. The predicted octanol–water partition coefficient (Wildman–Crippen LogP) is 1.58. The Morgan fingerprint density at radius 3 is 2.67 bits per heavy atom. The van der Waals surface area contributed by atoms with Gasteiger partial charge in [-0.15, -0.1) is 0 Å². The van der Waals surface area contributed by atoms with Crippen molar-refractivity contribution < 1.29 is 0 Å². The van der Waals surface area contributed by atoms with Crippen LogP contribution in [0.15, 0.2) is 28.6 Å². The molecule has 0 amide bonds. The zero-order chi connectivity index (χ0) is 11.4. The van der Waals surface area contributed by atoms with Gasteiger partial charge in [-0.3, -0.25) is 4.79 Å². The van der Waals surface area contributed by atoms with Crippen LogP contribution in [0.2, 0.25) is 0 Å². The molecular weight excluding hydrogens is 188 g/mol. The lowest BCUT2D eigenvalue weighted by Crippen LogP contribution is -2.26. The third-order valence-electron chi connectivity index (χ3n) is 2.37. The maximum Gasteiger partial charge on any atom is 0.255 e. The van der Waals surface area contributed by atoms with Gasteiger partial charge in [-0.25, -0.2) is 0 Å². The summed E-state index contributed by atoms with van der Waals surface area (Å²) >= 11 is 0. The zero-order valence-corrected chi connectivity index (χ0v) is 9.58. The monoisotopic (exact) mass is 206 g/mol. The molecule has 0 aliphatic carbocycles. The van der Waals surface area contributed by atoms with E-state index >= 15 is 0 Å². The van der Waals surface area contributed by atoms with Crippen molar-refractivity contribution in [1.82, 2.24) is 4.57 Å². The van der Waals surface area contributed by atoms with Gasteiger partial charge in [-0.05, 0) is 26.8 Å². The van der Waals surface area contributed by atoms with Gasteiger partial charge < -0.3 is 10.3 Å². The number of rotatable bonds is 3. The van der Waals surface area contributed by atoms with Crippen LogP contribution in [0, 0.1) is 6.92 Å². The Hall–Kier alpha value is -1.35. The van der Waals surface area contributed by atoms with Crippen molar-refractivity contribution in [3.8, 4) is 0 Å². The maximum absolute atomic E-state index is 11.9. The highest BCUT2D eigenvalue weighted by Crippen LogP contribution is 1.99. The molecule has 0 aliphatic rings. The molecule has 82 valence electrons. The Labute approximate surface area is 90.2 Å². The average molecular weight is 206 g/mol. The van der Waals surface area contributed by atoms with Crippen LogP contribution >= 0.6 is 0 Å². The Morgan fingerprint density at radius 1 is 1.47 bits per heavy atom. The molecule has 15 heavy (non-hydrogen) atoms. The first-order valence-corrected chi connectivity index (χ1v) is 5.09. The van der Waals surface area contributed by atoms with Crippen molar-refractivity contribution in [2.45, 2.75) is 33.9 Å². The number of aryl methyl sites for hydroxylation is 1. The third kappa shape index (κ3) is 2.80. The second kappa shape index (κ2) is 4.94. The first kappa shape index (κ1) is 11.7. The van der Waals surface area contributed by atoms with Crippen molar-refractivity contribution >= 4 is 0 Å². The summed E-state index contributed by atoms with van der Waals surface area (Å²) in [5, 5.41) is 0. The molecule has 0 spiro atoms. The Bertz CT molecular complexity index is 426. The van der Waals surface area contributed by atoms with Crippen LogP contribution in [0.3, 0.4) is 0 Å². The van der Waals surface area contributed by atoms with Gasteiger partial charge in [-0.1, -0.05) is 17.7 Å². The lowest BCUT2D eigenvalue weighted by Gasteiger charge is -2.09. The lowest BCUT2D eigenvalue weighted by molar-refractivity contribution is 0.728. The Balaban J connectivity index is 3.16. The van der Waals surface area contributed by atoms with Gasteiger partial charge in [0.1, 0.15) is 0 Å². The molecule has 0 atom stereocenters. The average Bonchev–Trinajstić information content (AvgIpc) is 2.17. The number of nitrogens with zero attached hydrogens (tertiary/aromatic N) is 1. The van der Waals surface area contributed by atoms with Gasteiger partial charge >= 0.3 is 0 Å². The Morgan fingerprint density at radius 2 is 2.13 bits per heavy atom. The molecular formula is C12H18N2O. The fourth-order valence-corrected chi connectivity index (χ4v) is 1.37. The summed E-state index contributed by atoms with van der Waals surface area (Å²) < 4.78 is 1.75. The van der Waals surface area contributed by atoms with Crippen LogP contribution in [0.25, 0.3) is 0 Å². The normalized spacial score (nSPS) is 10.1. The van der Waals surface area contributed by atoms with Crippen molar-refractivity contribution in [2.75, 3.05) is 0 Å². The summed E-state index contributed by atoms with van der Waals surface area (Å²) in [5.74, 6) is 0. The molecule has 1 aromatic rings. The summed E-state index contributed by atoms with van der Waals surface area (Å²) in [6.07, 6.45) is 2.04. The lowest BCUT2D eigenvalue weighted by atomic mass is 10.2. The number of allylic oxidation sites excluding steroid dienone is 2. The van der Waals surface area contributed by atoms with Crippen LogP contribution < -0.4 is 11.3 Å². The first-order valence-electron chi connectivity index (χ1n) is 5.09. The van der Waals surface area contributed by atoms with E-state index in [0.29, 0.717) is 18.7 Å². The van der Waals surface area contributed by atoms with E-state index < -0.39 is 0 Å². The largest absolute Gasteiger partial charge is 0.326 e. The van der Waals surface area contributed by atoms with Crippen LogP contribution in [0.4, 0.5) is 0 Å². The summed E-state index contributed by atoms with van der Waals surface area (Å²) in [6.45, 7) is 6.90. The number of nitrogens with two attached hydrogens (primary N) is 1. The molecule has 0 fully saturated rings. The van der Waals surface area contributed by atoms with Crippen molar-refractivity contribution in [3.63, 3.8) is 0 Å². The van der Waals surface area contributed by atoms with E-state index in [9.17, 15) is 4.79 Å². The van der Waals surface area contributed by atoms with Gasteiger partial charge in [0.15, 0.2) is 0 Å². The Kier molecular flexibility index (Phi) is 3.86. The van der Waals surface area contributed by atoms with Gasteiger partial charge in [0.2, 0.25) is 0 Å². The van der Waals surface area contributed by atoms with Crippen LogP contribution in [-0.4, -0.2) is 4.57 Å². The summed E-state index contributed by atoms with van der Waals surface area (Å²) in [4.78, 5) is 11.9. The minimum atomic E-state index is 0.0231.